The number of para-hydroxylation sites is 1. The molecular weight excluding hydrogens is 451 g/mol. The Bertz CT molecular complexity index is 1010. The lowest BCUT2D eigenvalue weighted by Crippen LogP contribution is -2.46. The number of rotatable bonds is 10. The summed E-state index contributed by atoms with van der Waals surface area (Å²) in [6, 6.07) is 23.4. The molecule has 0 unspecified atom stereocenters. The van der Waals surface area contributed by atoms with Gasteiger partial charge in [-0.25, -0.2) is 4.39 Å². The number of anilines is 1. The molecule has 182 valence electrons. The Morgan fingerprint density at radius 1 is 0.853 bits per heavy atom. The molecule has 1 aliphatic rings. The molecule has 0 saturated carbocycles. The fourth-order valence-corrected chi connectivity index (χ4v) is 4.31. The first-order valence-corrected chi connectivity index (χ1v) is 11.8. The molecule has 0 aliphatic carbocycles. The number of hydrogen-bond acceptors (Lipinski definition) is 4. The number of aryl methyl sites for hydroxylation is 2. The predicted octanol–water partition coefficient (Wildman–Crippen LogP) is 5.63. The Morgan fingerprint density at radius 3 is 2.38 bits per heavy atom. The molecular formula is C28H34ClFN2O2. The minimum absolute atomic E-state index is 0. The highest BCUT2D eigenvalue weighted by Gasteiger charge is 2.17. The van der Waals surface area contributed by atoms with Gasteiger partial charge in [0.05, 0.1) is 13.7 Å². The summed E-state index contributed by atoms with van der Waals surface area (Å²) in [6.45, 7) is 5.74. The summed E-state index contributed by atoms with van der Waals surface area (Å²) in [4.78, 5) is 4.81. The lowest BCUT2D eigenvalue weighted by Gasteiger charge is -2.36. The van der Waals surface area contributed by atoms with Gasteiger partial charge in [-0.05, 0) is 72.9 Å². The fourth-order valence-electron chi connectivity index (χ4n) is 4.31. The molecule has 4 nitrogen and oxygen atoms in total. The molecule has 4 rings (SSSR count). The van der Waals surface area contributed by atoms with E-state index in [0.717, 1.165) is 69.2 Å². The number of methoxy groups -OCH3 is 1. The third-order valence-electron chi connectivity index (χ3n) is 6.23. The Kier molecular flexibility index (Phi) is 10.0. The van der Waals surface area contributed by atoms with E-state index in [2.05, 4.69) is 40.1 Å². The van der Waals surface area contributed by atoms with Gasteiger partial charge >= 0.3 is 0 Å². The van der Waals surface area contributed by atoms with E-state index in [-0.39, 0.29) is 18.2 Å². The largest absolute Gasteiger partial charge is 0.497 e. The zero-order chi connectivity index (χ0) is 22.9. The molecule has 0 radical (unpaired) electrons. The van der Waals surface area contributed by atoms with Crippen molar-refractivity contribution < 1.29 is 13.9 Å². The maximum absolute atomic E-state index is 13.1. The van der Waals surface area contributed by atoms with E-state index in [1.807, 2.05) is 30.3 Å². The maximum atomic E-state index is 13.1. The second kappa shape index (κ2) is 13.2. The van der Waals surface area contributed by atoms with Crippen LogP contribution in [0.2, 0.25) is 0 Å². The summed E-state index contributed by atoms with van der Waals surface area (Å²) in [5.74, 6) is 1.70. The molecule has 1 fully saturated rings. The van der Waals surface area contributed by atoms with Crippen LogP contribution < -0.4 is 14.4 Å². The number of nitrogens with zero attached hydrogens (tertiary/aromatic N) is 2. The van der Waals surface area contributed by atoms with Crippen molar-refractivity contribution in [2.24, 2.45) is 0 Å². The van der Waals surface area contributed by atoms with Gasteiger partial charge in [-0.15, -0.1) is 12.4 Å². The van der Waals surface area contributed by atoms with Crippen LogP contribution in [0.15, 0.2) is 72.8 Å². The molecule has 1 saturated heterocycles. The van der Waals surface area contributed by atoms with Crippen molar-refractivity contribution in [2.45, 2.75) is 19.3 Å². The lowest BCUT2D eigenvalue weighted by atomic mass is 10.0. The molecule has 0 spiro atoms. The van der Waals surface area contributed by atoms with Crippen molar-refractivity contribution in [3.05, 3.63) is 89.7 Å². The van der Waals surface area contributed by atoms with E-state index in [0.29, 0.717) is 6.61 Å². The third-order valence-corrected chi connectivity index (χ3v) is 6.23. The van der Waals surface area contributed by atoms with Crippen LogP contribution in [-0.4, -0.2) is 51.3 Å². The molecule has 34 heavy (non-hydrogen) atoms. The first-order valence-electron chi connectivity index (χ1n) is 11.8. The van der Waals surface area contributed by atoms with Crippen LogP contribution in [0, 0.1) is 5.82 Å². The molecule has 6 heteroatoms. The van der Waals surface area contributed by atoms with Gasteiger partial charge in [-0.1, -0.05) is 30.3 Å². The van der Waals surface area contributed by atoms with Gasteiger partial charge in [-0.2, -0.15) is 0 Å². The van der Waals surface area contributed by atoms with Crippen LogP contribution in [0.3, 0.4) is 0 Å². The van der Waals surface area contributed by atoms with Crippen molar-refractivity contribution in [2.75, 3.05) is 51.3 Å². The van der Waals surface area contributed by atoms with E-state index >= 15 is 0 Å². The molecule has 0 amide bonds. The fraction of sp³-hybridized carbons (Fsp3) is 0.357. The third kappa shape index (κ3) is 7.37. The number of halogens is 2. The first-order chi connectivity index (χ1) is 16.2. The minimum Gasteiger partial charge on any atom is -0.497 e. The van der Waals surface area contributed by atoms with E-state index < -0.39 is 0 Å². The molecule has 0 N–H and O–H groups in total. The van der Waals surface area contributed by atoms with Crippen molar-refractivity contribution >= 4 is 18.1 Å². The average Bonchev–Trinajstić information content (AvgIpc) is 2.87. The molecule has 0 bridgehead atoms. The molecule has 0 atom stereocenters. The highest BCUT2D eigenvalue weighted by molar-refractivity contribution is 5.85. The van der Waals surface area contributed by atoms with E-state index in [9.17, 15) is 4.39 Å². The normalized spacial score (nSPS) is 13.9. The monoisotopic (exact) mass is 484 g/mol. The smallest absolute Gasteiger partial charge is 0.123 e. The second-order valence-electron chi connectivity index (χ2n) is 8.47. The van der Waals surface area contributed by atoms with E-state index in [1.165, 1.54) is 23.3 Å². The molecule has 3 aromatic rings. The second-order valence-corrected chi connectivity index (χ2v) is 8.47. The Balaban J connectivity index is 0.00000324. The first kappa shape index (κ1) is 25.9. The van der Waals surface area contributed by atoms with Gasteiger partial charge in [0.15, 0.2) is 0 Å². The quantitative estimate of drug-likeness (QED) is 0.348. The van der Waals surface area contributed by atoms with Crippen LogP contribution >= 0.6 is 12.4 Å². The van der Waals surface area contributed by atoms with Gasteiger partial charge < -0.3 is 14.4 Å². The van der Waals surface area contributed by atoms with Crippen LogP contribution in [0.25, 0.3) is 0 Å². The number of ether oxygens (including phenoxy) is 2. The van der Waals surface area contributed by atoms with E-state index in [1.54, 1.807) is 7.11 Å². The maximum Gasteiger partial charge on any atom is 0.123 e. The zero-order valence-electron chi connectivity index (χ0n) is 19.8. The van der Waals surface area contributed by atoms with E-state index in [4.69, 9.17) is 9.47 Å². The van der Waals surface area contributed by atoms with Gasteiger partial charge in [0.25, 0.3) is 0 Å². The van der Waals surface area contributed by atoms with Crippen LogP contribution in [0.5, 0.6) is 11.5 Å². The van der Waals surface area contributed by atoms with Crippen LogP contribution in [0.1, 0.15) is 17.5 Å². The topological polar surface area (TPSA) is 24.9 Å². The summed E-state index contributed by atoms with van der Waals surface area (Å²) in [7, 11) is 1.70. The zero-order valence-corrected chi connectivity index (χ0v) is 20.6. The highest BCUT2D eigenvalue weighted by atomic mass is 35.5. The van der Waals surface area contributed by atoms with Crippen LogP contribution in [0.4, 0.5) is 10.1 Å². The van der Waals surface area contributed by atoms with Crippen molar-refractivity contribution in [1.29, 1.82) is 0 Å². The number of piperazine rings is 1. The Hall–Kier alpha value is -2.76. The number of hydrogen-bond donors (Lipinski definition) is 0. The predicted molar refractivity (Wildman–Crippen MR) is 139 cm³/mol. The molecule has 1 heterocycles. The molecule has 3 aromatic carbocycles. The summed E-state index contributed by atoms with van der Waals surface area (Å²) in [5, 5.41) is 0. The van der Waals surface area contributed by atoms with Gasteiger partial charge in [0.1, 0.15) is 17.3 Å². The SMILES string of the molecule is COc1cccc(CCc2ccccc2OCCCN2CCN(c3ccc(F)cc3)CC2)c1.Cl. The van der Waals surface area contributed by atoms with Crippen molar-refractivity contribution in [1.82, 2.24) is 4.90 Å². The Morgan fingerprint density at radius 2 is 1.62 bits per heavy atom. The van der Waals surface area contributed by atoms with Gasteiger partial charge in [-0.3, -0.25) is 4.90 Å². The van der Waals surface area contributed by atoms with Gasteiger partial charge in [0, 0.05) is 38.4 Å². The highest BCUT2D eigenvalue weighted by Crippen LogP contribution is 2.22. The standard InChI is InChI=1S/C28H33FN2O2.ClH/c1-32-27-8-4-6-23(22-27)10-11-24-7-2-3-9-28(24)33-21-5-16-30-17-19-31(20-18-30)26-14-12-25(29)13-15-26;/h2-4,6-9,12-15,22H,5,10-11,16-21H2,1H3;1H. The summed E-state index contributed by atoms with van der Waals surface area (Å²) >= 11 is 0. The average molecular weight is 485 g/mol. The van der Waals surface area contributed by atoms with Crippen LogP contribution in [-0.2, 0) is 12.8 Å². The summed E-state index contributed by atoms with van der Waals surface area (Å²) < 4.78 is 24.6. The molecule has 1 aliphatic heterocycles. The number of benzene rings is 3. The minimum atomic E-state index is -0.181. The summed E-state index contributed by atoms with van der Waals surface area (Å²) in [5.41, 5.74) is 3.61. The van der Waals surface area contributed by atoms with Gasteiger partial charge in [0.2, 0.25) is 0 Å². The molecule has 0 aromatic heterocycles. The summed E-state index contributed by atoms with van der Waals surface area (Å²) in [6.07, 6.45) is 2.89. The van der Waals surface area contributed by atoms with Crippen molar-refractivity contribution in [3.63, 3.8) is 0 Å². The lowest BCUT2D eigenvalue weighted by molar-refractivity contribution is 0.224. The van der Waals surface area contributed by atoms with Crippen molar-refractivity contribution in [3.8, 4) is 11.5 Å². The Labute approximate surface area is 208 Å².